The Kier molecular flexibility index (Phi) is 14.0. The number of hydrogen-bond donors (Lipinski definition) is 2. The molecule has 2 aliphatic heterocycles. The average Bonchev–Trinajstić information content (AvgIpc) is 3.91. The Morgan fingerprint density at radius 1 is 0.878 bits per heavy atom. The van der Waals surface area contributed by atoms with Gasteiger partial charge in [0.1, 0.15) is 17.6 Å². The molecule has 4 aromatic rings. The molecular formula is C34H42N6O9. The van der Waals surface area contributed by atoms with Crippen LogP contribution >= 0.6 is 0 Å². The number of carbonyl (C=O) groups is 4. The number of carboxylic acid groups (broad SMARTS) is 2. The molecule has 0 radical (unpaired) electrons. The number of imidazole rings is 2. The molecule has 1 aromatic carbocycles. The Labute approximate surface area is 283 Å². The van der Waals surface area contributed by atoms with E-state index in [1.54, 1.807) is 19.5 Å². The van der Waals surface area contributed by atoms with Gasteiger partial charge in [-0.2, -0.15) is 0 Å². The molecule has 15 nitrogen and oxygen atoms in total. The van der Waals surface area contributed by atoms with Gasteiger partial charge in [0, 0.05) is 75.9 Å². The minimum absolute atomic E-state index is 0.0393. The van der Waals surface area contributed by atoms with Gasteiger partial charge < -0.3 is 43.2 Å². The Morgan fingerprint density at radius 3 is 2.35 bits per heavy atom. The Morgan fingerprint density at radius 2 is 1.61 bits per heavy atom. The maximum atomic E-state index is 13.8. The highest BCUT2D eigenvalue weighted by Gasteiger charge is 2.28. The summed E-state index contributed by atoms with van der Waals surface area (Å²) < 4.78 is 21.4. The summed E-state index contributed by atoms with van der Waals surface area (Å²) in [5.41, 5.74) is 2.29. The van der Waals surface area contributed by atoms with Crippen LogP contribution in [0.3, 0.4) is 0 Å². The van der Waals surface area contributed by atoms with E-state index in [0.29, 0.717) is 69.4 Å². The van der Waals surface area contributed by atoms with Crippen molar-refractivity contribution >= 4 is 30.4 Å². The average molecular weight is 679 g/mol. The van der Waals surface area contributed by atoms with Crippen molar-refractivity contribution in [2.24, 2.45) is 0 Å². The van der Waals surface area contributed by atoms with E-state index in [1.165, 1.54) is 0 Å². The van der Waals surface area contributed by atoms with Crippen LogP contribution in [0.15, 0.2) is 61.3 Å². The standard InChI is InChI=1S/C32H38N6O5.2CH2O2/c1-41-26-9-7-24-22-28(26)43-21-5-15-36(32(40)27-6-4-20-42-27)13-2-3-14-37(19-18-35-16-12-34-30(24)35)31(39)25-8-10-29-33-11-17-38(29)23-25;2*2-1-3/h7-12,16-17,22-23,27H,2-6,13-15,18-21H2,1H3;2*1H,(H,2,3). The van der Waals surface area contributed by atoms with Gasteiger partial charge in [0.15, 0.2) is 11.5 Å². The fourth-order valence-electron chi connectivity index (χ4n) is 5.80. The first-order valence-corrected chi connectivity index (χ1v) is 16.0. The summed E-state index contributed by atoms with van der Waals surface area (Å²) in [6, 6.07) is 9.47. The minimum atomic E-state index is -0.370. The van der Waals surface area contributed by atoms with Crippen LogP contribution in [0.2, 0.25) is 0 Å². The molecule has 262 valence electrons. The van der Waals surface area contributed by atoms with Gasteiger partial charge in [-0.3, -0.25) is 19.2 Å². The Hall–Kier alpha value is -5.44. The number of benzene rings is 1. The van der Waals surface area contributed by atoms with Gasteiger partial charge in [0.25, 0.3) is 24.8 Å². The summed E-state index contributed by atoms with van der Waals surface area (Å²) in [6.45, 7) is 3.38. The molecule has 1 atom stereocenters. The molecule has 5 heterocycles. The van der Waals surface area contributed by atoms with Crippen LogP contribution in [0, 0.1) is 0 Å². The SMILES string of the molecule is COc1ccc2cc1OCCCN(C(=O)C1CCCO1)CCCCN(C(=O)c1ccc3nccn3c1)CCn1ccnc1-2.O=CO.O=CO. The number of ether oxygens (including phenoxy) is 3. The highest BCUT2D eigenvalue weighted by Crippen LogP contribution is 2.32. The van der Waals surface area contributed by atoms with Gasteiger partial charge in [-0.25, -0.2) is 9.97 Å². The van der Waals surface area contributed by atoms with Crippen LogP contribution in [-0.2, 0) is 25.7 Å². The van der Waals surface area contributed by atoms with E-state index in [9.17, 15) is 9.59 Å². The van der Waals surface area contributed by atoms with Crippen LogP contribution in [0.1, 0.15) is 42.5 Å². The van der Waals surface area contributed by atoms with Gasteiger partial charge in [0.2, 0.25) is 0 Å². The van der Waals surface area contributed by atoms with E-state index >= 15 is 0 Å². The molecule has 1 unspecified atom stereocenters. The molecule has 2 N–H and O–H groups in total. The largest absolute Gasteiger partial charge is 0.493 e. The van der Waals surface area contributed by atoms with E-state index in [-0.39, 0.29) is 30.9 Å². The van der Waals surface area contributed by atoms with Gasteiger partial charge in [0.05, 0.1) is 19.3 Å². The smallest absolute Gasteiger partial charge is 0.290 e. The summed E-state index contributed by atoms with van der Waals surface area (Å²) in [7, 11) is 1.62. The number of pyridine rings is 1. The van der Waals surface area contributed by atoms with E-state index in [2.05, 4.69) is 14.5 Å². The molecule has 2 aliphatic rings. The second-order valence-corrected chi connectivity index (χ2v) is 11.2. The summed E-state index contributed by atoms with van der Waals surface area (Å²) in [5.74, 6) is 2.06. The second kappa shape index (κ2) is 18.8. The van der Waals surface area contributed by atoms with Crippen molar-refractivity contribution in [1.82, 2.24) is 28.7 Å². The summed E-state index contributed by atoms with van der Waals surface area (Å²) >= 11 is 0. The van der Waals surface area contributed by atoms with Crippen molar-refractivity contribution in [3.05, 3.63) is 66.9 Å². The van der Waals surface area contributed by atoms with Gasteiger partial charge in [-0.05, 0) is 62.4 Å². The van der Waals surface area contributed by atoms with Gasteiger partial charge in [-0.15, -0.1) is 0 Å². The lowest BCUT2D eigenvalue weighted by Gasteiger charge is -2.27. The normalized spacial score (nSPS) is 16.8. The lowest BCUT2D eigenvalue weighted by molar-refractivity contribution is -0.141. The van der Waals surface area contributed by atoms with Crippen molar-refractivity contribution in [3.63, 3.8) is 0 Å². The Bertz CT molecular complexity index is 1660. The lowest BCUT2D eigenvalue weighted by atomic mass is 10.2. The third-order valence-corrected chi connectivity index (χ3v) is 8.12. The van der Waals surface area contributed by atoms with Crippen molar-refractivity contribution in [2.45, 2.75) is 44.8 Å². The van der Waals surface area contributed by atoms with E-state index in [1.807, 2.05) is 63.1 Å². The first-order chi connectivity index (χ1) is 23.9. The molecule has 15 heteroatoms. The quantitative estimate of drug-likeness (QED) is 0.304. The number of amides is 2. The maximum Gasteiger partial charge on any atom is 0.290 e. The van der Waals surface area contributed by atoms with Crippen LogP contribution < -0.4 is 9.47 Å². The first kappa shape index (κ1) is 36.4. The van der Waals surface area contributed by atoms with Gasteiger partial charge >= 0.3 is 0 Å². The molecule has 1 fully saturated rings. The third kappa shape index (κ3) is 9.79. The number of carbonyl (C=O) groups excluding carboxylic acids is 2. The molecule has 6 rings (SSSR count). The monoisotopic (exact) mass is 678 g/mol. The Balaban J connectivity index is 0.000000841. The predicted octanol–water partition coefficient (Wildman–Crippen LogP) is 3.32. The van der Waals surface area contributed by atoms with Crippen LogP contribution in [0.25, 0.3) is 17.0 Å². The van der Waals surface area contributed by atoms with Crippen molar-refractivity contribution in [1.29, 1.82) is 0 Å². The zero-order valence-corrected chi connectivity index (χ0v) is 27.4. The van der Waals surface area contributed by atoms with Crippen LogP contribution in [-0.4, -0.2) is 116 Å². The maximum absolute atomic E-state index is 13.8. The number of aromatic nitrogens is 4. The summed E-state index contributed by atoms with van der Waals surface area (Å²) in [5, 5.41) is 13.8. The summed E-state index contributed by atoms with van der Waals surface area (Å²) in [6.07, 6.45) is 12.6. The van der Waals surface area contributed by atoms with Crippen molar-refractivity contribution < 1.29 is 43.6 Å². The number of fused-ring (bicyclic) bond motifs is 5. The zero-order chi connectivity index (χ0) is 35.0. The highest BCUT2D eigenvalue weighted by molar-refractivity contribution is 5.94. The second-order valence-electron chi connectivity index (χ2n) is 11.2. The fourth-order valence-corrected chi connectivity index (χ4v) is 5.80. The molecule has 0 saturated carbocycles. The molecule has 2 bridgehead atoms. The van der Waals surface area contributed by atoms with Gasteiger partial charge in [-0.1, -0.05) is 0 Å². The van der Waals surface area contributed by atoms with Crippen LogP contribution in [0.5, 0.6) is 11.5 Å². The molecular weight excluding hydrogens is 636 g/mol. The molecule has 49 heavy (non-hydrogen) atoms. The fraction of sp³-hybridized carbons (Fsp3) is 0.412. The molecule has 0 aliphatic carbocycles. The lowest BCUT2D eigenvalue weighted by Crippen LogP contribution is -2.41. The molecule has 0 spiro atoms. The third-order valence-electron chi connectivity index (χ3n) is 8.12. The first-order valence-electron chi connectivity index (χ1n) is 16.0. The van der Waals surface area contributed by atoms with Crippen molar-refractivity contribution in [2.75, 3.05) is 46.5 Å². The number of rotatable bonds is 3. The molecule has 1 saturated heterocycles. The van der Waals surface area contributed by atoms with E-state index in [0.717, 1.165) is 42.7 Å². The van der Waals surface area contributed by atoms with E-state index in [4.69, 9.17) is 34.0 Å². The number of nitrogens with zero attached hydrogens (tertiary/aromatic N) is 6. The molecule has 3 aromatic heterocycles. The topological polar surface area (TPSA) is 178 Å². The number of methoxy groups -OCH3 is 1. The van der Waals surface area contributed by atoms with Crippen LogP contribution in [0.4, 0.5) is 0 Å². The summed E-state index contributed by atoms with van der Waals surface area (Å²) in [4.78, 5) is 56.6. The number of hydrogen-bond acceptors (Lipinski definition) is 9. The van der Waals surface area contributed by atoms with E-state index < -0.39 is 0 Å². The zero-order valence-electron chi connectivity index (χ0n) is 27.4. The molecule has 2 amide bonds. The predicted molar refractivity (Wildman–Crippen MR) is 178 cm³/mol. The van der Waals surface area contributed by atoms with Crippen molar-refractivity contribution in [3.8, 4) is 22.9 Å². The highest BCUT2D eigenvalue weighted by atomic mass is 16.5. The minimum Gasteiger partial charge on any atom is -0.493 e.